The molecule has 0 atom stereocenters. The van der Waals surface area contributed by atoms with Crippen molar-refractivity contribution in [3.05, 3.63) is 70.8 Å². The molecule has 2 aromatic carbocycles. The van der Waals surface area contributed by atoms with Crippen molar-refractivity contribution in [3.63, 3.8) is 0 Å². The highest BCUT2D eigenvalue weighted by molar-refractivity contribution is 5.94. The Hall–Kier alpha value is -2.90. The van der Waals surface area contributed by atoms with Gasteiger partial charge in [0, 0.05) is 13.1 Å². The number of nitrogens with zero attached hydrogens (tertiary/aromatic N) is 1. The van der Waals surface area contributed by atoms with Crippen LogP contribution >= 0.6 is 0 Å². The van der Waals surface area contributed by atoms with Crippen LogP contribution in [0.1, 0.15) is 22.3 Å². The fourth-order valence-corrected chi connectivity index (χ4v) is 2.27. The molecule has 1 amide bonds. The van der Waals surface area contributed by atoms with Gasteiger partial charge >= 0.3 is 5.97 Å². The summed E-state index contributed by atoms with van der Waals surface area (Å²) in [5.41, 5.74) is -0.309. The first-order valence-electron chi connectivity index (χ1n) is 7.57. The van der Waals surface area contributed by atoms with E-state index in [-0.39, 0.29) is 25.1 Å². The zero-order chi connectivity index (χ0) is 19.3. The molecule has 0 bridgehead atoms. The standard InChI is InChI=1S/C18H15F4NO3/c1-26-17(24)6-7-23(10-11-2-4-15(21)16(22)8-11)18(25)13-9-12(19)3-5-14(13)20/h2-5,8-9H,6-7,10H2,1H3. The normalized spacial score (nSPS) is 10.5. The number of methoxy groups -OCH3 is 1. The minimum atomic E-state index is -1.11. The van der Waals surface area contributed by atoms with Crippen molar-refractivity contribution >= 4 is 11.9 Å². The quantitative estimate of drug-likeness (QED) is 0.579. The van der Waals surface area contributed by atoms with Crippen LogP contribution in [0.2, 0.25) is 0 Å². The highest BCUT2D eigenvalue weighted by Crippen LogP contribution is 2.17. The molecule has 0 aliphatic rings. The molecule has 2 rings (SSSR count). The van der Waals surface area contributed by atoms with Crippen molar-refractivity contribution in [2.24, 2.45) is 0 Å². The Balaban J connectivity index is 2.29. The van der Waals surface area contributed by atoms with Crippen LogP contribution in [0.3, 0.4) is 0 Å². The summed E-state index contributed by atoms with van der Waals surface area (Å²) in [6.07, 6.45) is -0.206. The topological polar surface area (TPSA) is 46.6 Å². The summed E-state index contributed by atoms with van der Waals surface area (Å²) < 4.78 is 58.2. The summed E-state index contributed by atoms with van der Waals surface area (Å²) in [4.78, 5) is 24.9. The molecule has 0 saturated heterocycles. The SMILES string of the molecule is COC(=O)CCN(Cc1ccc(F)c(F)c1)C(=O)c1cc(F)ccc1F. The van der Waals surface area contributed by atoms with Crippen LogP contribution in [-0.2, 0) is 16.1 Å². The van der Waals surface area contributed by atoms with Crippen LogP contribution in [-0.4, -0.2) is 30.4 Å². The van der Waals surface area contributed by atoms with E-state index in [9.17, 15) is 27.2 Å². The first kappa shape index (κ1) is 19.4. The minimum absolute atomic E-state index is 0.180. The fourth-order valence-electron chi connectivity index (χ4n) is 2.27. The first-order chi connectivity index (χ1) is 12.3. The van der Waals surface area contributed by atoms with E-state index in [1.54, 1.807) is 0 Å². The molecule has 0 heterocycles. The second kappa shape index (κ2) is 8.46. The molecule has 0 spiro atoms. The fraction of sp³-hybridized carbons (Fsp3) is 0.222. The van der Waals surface area contributed by atoms with Gasteiger partial charge in [-0.2, -0.15) is 0 Å². The van der Waals surface area contributed by atoms with Gasteiger partial charge in [0.1, 0.15) is 11.6 Å². The van der Waals surface area contributed by atoms with Gasteiger partial charge in [0.2, 0.25) is 0 Å². The van der Waals surface area contributed by atoms with Crippen molar-refractivity contribution in [2.45, 2.75) is 13.0 Å². The van der Waals surface area contributed by atoms with Crippen LogP contribution in [0.15, 0.2) is 36.4 Å². The number of carbonyl (C=O) groups excluding carboxylic acids is 2. The molecule has 0 aliphatic heterocycles. The lowest BCUT2D eigenvalue weighted by Gasteiger charge is -2.23. The van der Waals surface area contributed by atoms with E-state index in [1.165, 1.54) is 6.07 Å². The van der Waals surface area contributed by atoms with E-state index in [4.69, 9.17) is 0 Å². The average Bonchev–Trinajstić information content (AvgIpc) is 2.62. The second-order valence-electron chi connectivity index (χ2n) is 5.43. The van der Waals surface area contributed by atoms with Gasteiger partial charge in [0.15, 0.2) is 11.6 Å². The smallest absolute Gasteiger partial charge is 0.307 e. The number of ether oxygens (including phenoxy) is 1. The molecule has 26 heavy (non-hydrogen) atoms. The molecule has 0 aliphatic carbocycles. The third-order valence-corrected chi connectivity index (χ3v) is 3.62. The van der Waals surface area contributed by atoms with Crippen molar-refractivity contribution in [1.82, 2.24) is 4.90 Å². The maximum atomic E-state index is 13.9. The predicted molar refractivity (Wildman–Crippen MR) is 84.1 cm³/mol. The number of esters is 1. The number of benzene rings is 2. The molecule has 138 valence electrons. The molecule has 0 unspecified atom stereocenters. The Morgan fingerprint density at radius 2 is 1.65 bits per heavy atom. The number of rotatable bonds is 6. The summed E-state index contributed by atoms with van der Waals surface area (Å²) in [6, 6.07) is 5.41. The van der Waals surface area contributed by atoms with Crippen molar-refractivity contribution in [1.29, 1.82) is 0 Å². The van der Waals surface area contributed by atoms with Gasteiger partial charge < -0.3 is 9.64 Å². The van der Waals surface area contributed by atoms with Gasteiger partial charge in [0.25, 0.3) is 5.91 Å². The largest absolute Gasteiger partial charge is 0.469 e. The maximum Gasteiger partial charge on any atom is 0.307 e. The lowest BCUT2D eigenvalue weighted by atomic mass is 10.1. The Kier molecular flexibility index (Phi) is 6.32. The average molecular weight is 369 g/mol. The lowest BCUT2D eigenvalue weighted by molar-refractivity contribution is -0.140. The van der Waals surface area contributed by atoms with Gasteiger partial charge in [-0.05, 0) is 35.9 Å². The summed E-state index contributed by atoms with van der Waals surface area (Å²) in [6.45, 7) is -0.413. The highest BCUT2D eigenvalue weighted by atomic mass is 19.2. The molecule has 4 nitrogen and oxygen atoms in total. The number of carbonyl (C=O) groups is 2. The molecule has 0 N–H and O–H groups in total. The Morgan fingerprint density at radius 1 is 0.962 bits per heavy atom. The molecule has 0 fully saturated rings. The number of hydrogen-bond acceptors (Lipinski definition) is 3. The predicted octanol–water partition coefficient (Wildman–Crippen LogP) is 3.45. The molecular weight excluding hydrogens is 354 g/mol. The maximum absolute atomic E-state index is 13.9. The minimum Gasteiger partial charge on any atom is -0.469 e. The van der Waals surface area contributed by atoms with E-state index >= 15 is 0 Å². The molecule has 2 aromatic rings. The number of halogens is 4. The molecular formula is C18H15F4NO3. The van der Waals surface area contributed by atoms with E-state index in [0.717, 1.165) is 42.3 Å². The van der Waals surface area contributed by atoms with E-state index in [0.29, 0.717) is 0 Å². The lowest BCUT2D eigenvalue weighted by Crippen LogP contribution is -2.33. The second-order valence-corrected chi connectivity index (χ2v) is 5.43. The number of hydrogen-bond donors (Lipinski definition) is 0. The zero-order valence-electron chi connectivity index (χ0n) is 13.8. The van der Waals surface area contributed by atoms with Crippen LogP contribution in [0.4, 0.5) is 17.6 Å². The number of amides is 1. The van der Waals surface area contributed by atoms with Crippen LogP contribution in [0.25, 0.3) is 0 Å². The monoisotopic (exact) mass is 369 g/mol. The van der Waals surface area contributed by atoms with Crippen molar-refractivity contribution in [3.8, 4) is 0 Å². The van der Waals surface area contributed by atoms with Gasteiger partial charge in [-0.25, -0.2) is 17.6 Å². The summed E-state index contributed by atoms with van der Waals surface area (Å²) in [5, 5.41) is 0. The molecule has 0 saturated carbocycles. The summed E-state index contributed by atoms with van der Waals surface area (Å²) >= 11 is 0. The Bertz CT molecular complexity index is 826. The zero-order valence-corrected chi connectivity index (χ0v) is 13.8. The highest BCUT2D eigenvalue weighted by Gasteiger charge is 2.21. The summed E-state index contributed by atoms with van der Waals surface area (Å²) in [5.74, 6) is -5.43. The van der Waals surface area contributed by atoms with E-state index in [2.05, 4.69) is 4.74 Å². The van der Waals surface area contributed by atoms with Crippen molar-refractivity contribution in [2.75, 3.05) is 13.7 Å². The Labute approximate surface area is 147 Å². The third kappa shape index (κ3) is 4.81. The molecule has 0 aromatic heterocycles. The molecule has 8 heteroatoms. The van der Waals surface area contributed by atoms with Crippen LogP contribution < -0.4 is 0 Å². The van der Waals surface area contributed by atoms with Gasteiger partial charge in [-0.1, -0.05) is 6.07 Å². The third-order valence-electron chi connectivity index (χ3n) is 3.62. The van der Waals surface area contributed by atoms with Crippen molar-refractivity contribution < 1.29 is 31.9 Å². The summed E-state index contributed by atoms with van der Waals surface area (Å²) in [7, 11) is 1.16. The van der Waals surface area contributed by atoms with Crippen LogP contribution in [0.5, 0.6) is 0 Å². The van der Waals surface area contributed by atoms with E-state index < -0.39 is 40.7 Å². The van der Waals surface area contributed by atoms with Gasteiger partial charge in [0.05, 0.1) is 19.1 Å². The van der Waals surface area contributed by atoms with Gasteiger partial charge in [-0.15, -0.1) is 0 Å². The van der Waals surface area contributed by atoms with Gasteiger partial charge in [-0.3, -0.25) is 9.59 Å². The molecule has 0 radical (unpaired) electrons. The Morgan fingerprint density at radius 3 is 2.31 bits per heavy atom. The van der Waals surface area contributed by atoms with Crippen LogP contribution in [0, 0.1) is 23.3 Å². The van der Waals surface area contributed by atoms with E-state index in [1.807, 2.05) is 0 Å². The first-order valence-corrected chi connectivity index (χ1v) is 7.57.